The fourth-order valence-electron chi connectivity index (χ4n) is 1.55. The van der Waals surface area contributed by atoms with Crippen molar-refractivity contribution in [3.05, 3.63) is 28.8 Å². The van der Waals surface area contributed by atoms with E-state index >= 15 is 0 Å². The van der Waals surface area contributed by atoms with Gasteiger partial charge in [0.2, 0.25) is 0 Å². The average Bonchev–Trinajstić information content (AvgIpc) is 2.27. The summed E-state index contributed by atoms with van der Waals surface area (Å²) >= 11 is 5.83. The number of nitrogen functional groups attached to an aromatic ring is 1. The lowest BCUT2D eigenvalue weighted by molar-refractivity contribution is 0.0929. The summed E-state index contributed by atoms with van der Waals surface area (Å²) in [7, 11) is 0. The summed E-state index contributed by atoms with van der Waals surface area (Å²) in [6.45, 7) is 2.00. The molecule has 0 saturated carbocycles. The third-order valence-corrected chi connectivity index (χ3v) is 2.71. The minimum absolute atomic E-state index is 0.0345. The smallest absolute Gasteiger partial charge is 0.251 e. The Hall–Kier alpha value is -1.26. The molecule has 0 heterocycles. The number of anilines is 1. The topological polar surface area (TPSA) is 75.3 Å². The molecule has 1 aromatic carbocycles. The first-order valence-corrected chi connectivity index (χ1v) is 5.92. The first kappa shape index (κ1) is 13.8. The second-order valence-electron chi connectivity index (χ2n) is 3.86. The molecule has 4 N–H and O–H groups in total. The summed E-state index contributed by atoms with van der Waals surface area (Å²) in [5.74, 6) is -0.223. The summed E-state index contributed by atoms with van der Waals surface area (Å²) in [5, 5.41) is 12.1. The predicted molar refractivity (Wildman–Crippen MR) is 69.1 cm³/mol. The van der Waals surface area contributed by atoms with E-state index in [1.54, 1.807) is 18.2 Å². The molecule has 1 aromatic rings. The molecule has 1 unspecified atom stereocenters. The molecule has 0 aliphatic rings. The van der Waals surface area contributed by atoms with Gasteiger partial charge < -0.3 is 16.2 Å². The largest absolute Gasteiger partial charge is 0.399 e. The van der Waals surface area contributed by atoms with Gasteiger partial charge in [-0.1, -0.05) is 18.5 Å². The summed E-state index contributed by atoms with van der Waals surface area (Å²) < 4.78 is 0. The zero-order valence-electron chi connectivity index (χ0n) is 9.74. The van der Waals surface area contributed by atoms with Gasteiger partial charge in [0.1, 0.15) is 0 Å². The van der Waals surface area contributed by atoms with Crippen molar-refractivity contribution in [1.82, 2.24) is 5.32 Å². The maximum atomic E-state index is 11.9. The van der Waals surface area contributed by atoms with Crippen LogP contribution in [0.1, 0.15) is 30.1 Å². The van der Waals surface area contributed by atoms with Crippen LogP contribution >= 0.6 is 11.6 Å². The van der Waals surface area contributed by atoms with Crippen LogP contribution in [0.5, 0.6) is 0 Å². The Labute approximate surface area is 106 Å². The molecule has 0 spiro atoms. The first-order valence-electron chi connectivity index (χ1n) is 5.54. The number of nitrogens with two attached hydrogens (primary N) is 1. The van der Waals surface area contributed by atoms with E-state index in [2.05, 4.69) is 5.32 Å². The zero-order chi connectivity index (χ0) is 12.8. The Kier molecular flexibility index (Phi) is 5.25. The molecule has 0 aromatic heterocycles. The Balaban J connectivity index is 2.75. The van der Waals surface area contributed by atoms with Gasteiger partial charge in [0, 0.05) is 28.9 Å². The van der Waals surface area contributed by atoms with Crippen LogP contribution in [0.15, 0.2) is 18.2 Å². The van der Waals surface area contributed by atoms with Crippen LogP contribution in [0, 0.1) is 0 Å². The van der Waals surface area contributed by atoms with Gasteiger partial charge >= 0.3 is 0 Å². The van der Waals surface area contributed by atoms with E-state index in [1.165, 1.54) is 0 Å². The highest BCUT2D eigenvalue weighted by molar-refractivity contribution is 6.31. The number of carbonyl (C=O) groups excluding carboxylic acids is 1. The molecule has 94 valence electrons. The Morgan fingerprint density at radius 2 is 2.24 bits per heavy atom. The highest BCUT2D eigenvalue weighted by atomic mass is 35.5. The number of halogens is 1. The monoisotopic (exact) mass is 256 g/mol. The quantitative estimate of drug-likeness (QED) is 0.704. The molecule has 5 heteroatoms. The third-order valence-electron chi connectivity index (χ3n) is 2.49. The molecule has 1 atom stereocenters. The highest BCUT2D eigenvalue weighted by Gasteiger charge is 2.12. The van der Waals surface area contributed by atoms with Crippen molar-refractivity contribution in [3.63, 3.8) is 0 Å². The van der Waals surface area contributed by atoms with E-state index in [1.807, 2.05) is 6.92 Å². The van der Waals surface area contributed by atoms with Gasteiger partial charge in [-0.05, 0) is 31.0 Å². The molecule has 1 amide bonds. The Morgan fingerprint density at radius 3 is 2.76 bits per heavy atom. The summed E-state index contributed by atoms with van der Waals surface area (Å²) in [6, 6.07) is 4.70. The lowest BCUT2D eigenvalue weighted by Gasteiger charge is -2.15. The molecular formula is C12H17ClN2O2. The molecule has 0 fully saturated rings. The van der Waals surface area contributed by atoms with E-state index in [4.69, 9.17) is 22.4 Å². The third kappa shape index (κ3) is 4.24. The predicted octanol–water partition coefficient (Wildman–Crippen LogP) is 1.81. The van der Waals surface area contributed by atoms with Crippen molar-refractivity contribution < 1.29 is 9.90 Å². The van der Waals surface area contributed by atoms with E-state index in [-0.39, 0.29) is 18.6 Å². The van der Waals surface area contributed by atoms with Gasteiger partial charge in [0.25, 0.3) is 5.91 Å². The number of hydrogen-bond acceptors (Lipinski definition) is 3. The molecule has 4 nitrogen and oxygen atoms in total. The fraction of sp³-hybridized carbons (Fsp3) is 0.417. The van der Waals surface area contributed by atoms with Crippen molar-refractivity contribution in [3.8, 4) is 0 Å². The van der Waals surface area contributed by atoms with Crippen LogP contribution in [-0.4, -0.2) is 23.7 Å². The van der Waals surface area contributed by atoms with Gasteiger partial charge in [-0.2, -0.15) is 0 Å². The standard InChI is InChI=1S/C12H17ClN2O2/c1-2-11(3-4-16)15-12(17)8-5-9(13)7-10(14)6-8/h5-7,11,16H,2-4,14H2,1H3,(H,15,17). The number of benzene rings is 1. The maximum Gasteiger partial charge on any atom is 0.251 e. The summed E-state index contributed by atoms with van der Waals surface area (Å²) in [4.78, 5) is 11.9. The van der Waals surface area contributed by atoms with E-state index in [0.717, 1.165) is 6.42 Å². The number of hydrogen-bond donors (Lipinski definition) is 3. The van der Waals surface area contributed by atoms with Crippen LogP contribution < -0.4 is 11.1 Å². The summed E-state index contributed by atoms with van der Waals surface area (Å²) in [6.07, 6.45) is 1.31. The lowest BCUT2D eigenvalue weighted by atomic mass is 10.1. The Bertz CT molecular complexity index is 376. The van der Waals surface area contributed by atoms with Crippen LogP contribution in [0.2, 0.25) is 5.02 Å². The molecule has 17 heavy (non-hydrogen) atoms. The van der Waals surface area contributed by atoms with Crippen molar-refractivity contribution in [1.29, 1.82) is 0 Å². The minimum atomic E-state index is -0.223. The van der Waals surface area contributed by atoms with Crippen LogP contribution in [0.25, 0.3) is 0 Å². The van der Waals surface area contributed by atoms with Gasteiger partial charge in [-0.25, -0.2) is 0 Å². The molecule has 1 rings (SSSR count). The van der Waals surface area contributed by atoms with E-state index in [0.29, 0.717) is 22.7 Å². The van der Waals surface area contributed by atoms with Gasteiger partial charge in [-0.3, -0.25) is 4.79 Å². The molecule has 0 saturated heterocycles. The average molecular weight is 257 g/mol. The zero-order valence-corrected chi connectivity index (χ0v) is 10.5. The van der Waals surface area contributed by atoms with Gasteiger partial charge in [0.15, 0.2) is 0 Å². The number of rotatable bonds is 5. The normalized spacial score (nSPS) is 12.2. The lowest BCUT2D eigenvalue weighted by Crippen LogP contribution is -2.35. The van der Waals surface area contributed by atoms with Gasteiger partial charge in [0.05, 0.1) is 0 Å². The maximum absolute atomic E-state index is 11.9. The molecule has 0 bridgehead atoms. The number of amides is 1. The van der Waals surface area contributed by atoms with Crippen LogP contribution in [0.4, 0.5) is 5.69 Å². The second kappa shape index (κ2) is 6.47. The van der Waals surface area contributed by atoms with Crippen LogP contribution in [0.3, 0.4) is 0 Å². The molecule has 0 aliphatic heterocycles. The number of aliphatic hydroxyl groups is 1. The number of aliphatic hydroxyl groups excluding tert-OH is 1. The van der Waals surface area contributed by atoms with Crippen LogP contribution in [-0.2, 0) is 0 Å². The van der Waals surface area contributed by atoms with E-state index in [9.17, 15) is 4.79 Å². The Morgan fingerprint density at radius 1 is 1.53 bits per heavy atom. The minimum Gasteiger partial charge on any atom is -0.399 e. The molecule has 0 radical (unpaired) electrons. The second-order valence-corrected chi connectivity index (χ2v) is 4.30. The molecular weight excluding hydrogens is 240 g/mol. The molecule has 0 aliphatic carbocycles. The number of nitrogens with one attached hydrogen (secondary N) is 1. The van der Waals surface area contributed by atoms with Crippen molar-refractivity contribution >= 4 is 23.2 Å². The van der Waals surface area contributed by atoms with Crippen molar-refractivity contribution in [2.45, 2.75) is 25.8 Å². The fourth-order valence-corrected chi connectivity index (χ4v) is 1.79. The highest BCUT2D eigenvalue weighted by Crippen LogP contribution is 2.16. The van der Waals surface area contributed by atoms with E-state index < -0.39 is 0 Å². The van der Waals surface area contributed by atoms with Crippen molar-refractivity contribution in [2.75, 3.05) is 12.3 Å². The SMILES string of the molecule is CCC(CCO)NC(=O)c1cc(N)cc(Cl)c1. The van der Waals surface area contributed by atoms with Gasteiger partial charge in [-0.15, -0.1) is 0 Å². The van der Waals surface area contributed by atoms with Crippen molar-refractivity contribution in [2.24, 2.45) is 0 Å². The number of carbonyl (C=O) groups is 1. The summed E-state index contributed by atoms with van der Waals surface area (Å²) in [5.41, 5.74) is 6.51. The first-order chi connectivity index (χ1) is 8.06.